The van der Waals surface area contributed by atoms with E-state index in [4.69, 9.17) is 4.74 Å². The van der Waals surface area contributed by atoms with Gasteiger partial charge < -0.3 is 14.9 Å². The average molecular weight is 244 g/mol. The molecule has 0 saturated heterocycles. The van der Waals surface area contributed by atoms with E-state index in [9.17, 15) is 15.0 Å². The first-order valence-corrected chi connectivity index (χ1v) is 5.70. The molecule has 0 aliphatic heterocycles. The van der Waals surface area contributed by atoms with E-state index in [1.807, 2.05) is 20.8 Å². The lowest BCUT2D eigenvalue weighted by atomic mass is 9.77. The van der Waals surface area contributed by atoms with Crippen molar-refractivity contribution in [2.24, 2.45) is 10.8 Å². The zero-order valence-electron chi connectivity index (χ0n) is 11.4. The van der Waals surface area contributed by atoms with E-state index in [-0.39, 0.29) is 5.41 Å². The molecule has 17 heavy (non-hydrogen) atoms. The molecule has 0 fully saturated rings. The largest absolute Gasteiger partial charge is 0.458 e. The van der Waals surface area contributed by atoms with Crippen molar-refractivity contribution < 1.29 is 19.7 Å². The maximum absolute atomic E-state index is 11.3. The fourth-order valence-corrected chi connectivity index (χ4v) is 1.37. The molecule has 0 saturated carbocycles. The molecule has 0 radical (unpaired) electrons. The van der Waals surface area contributed by atoms with E-state index in [0.29, 0.717) is 6.42 Å². The van der Waals surface area contributed by atoms with Gasteiger partial charge in [0.1, 0.15) is 6.10 Å². The summed E-state index contributed by atoms with van der Waals surface area (Å²) in [7, 11) is 0. The van der Waals surface area contributed by atoms with E-state index in [0.717, 1.165) is 6.08 Å². The molecule has 1 atom stereocenters. The molecule has 0 aromatic heterocycles. The summed E-state index contributed by atoms with van der Waals surface area (Å²) in [5.41, 5.74) is -1.01. The molecule has 0 amide bonds. The SMILES string of the molecule is C=CC(=O)OC(CC(C)(C)C)C(C)(C)C(O)O. The van der Waals surface area contributed by atoms with Crippen LogP contribution in [0.25, 0.3) is 0 Å². The molecule has 4 nitrogen and oxygen atoms in total. The van der Waals surface area contributed by atoms with Gasteiger partial charge in [0.2, 0.25) is 0 Å². The first-order chi connectivity index (χ1) is 7.50. The fraction of sp³-hybridized carbons (Fsp3) is 0.769. The maximum Gasteiger partial charge on any atom is 0.330 e. The van der Waals surface area contributed by atoms with Gasteiger partial charge in [0.25, 0.3) is 0 Å². The molecule has 4 heteroatoms. The Morgan fingerprint density at radius 2 is 1.76 bits per heavy atom. The van der Waals surface area contributed by atoms with E-state index >= 15 is 0 Å². The molecular weight excluding hydrogens is 220 g/mol. The minimum atomic E-state index is -1.55. The van der Waals surface area contributed by atoms with Crippen LogP contribution in [0.15, 0.2) is 12.7 Å². The monoisotopic (exact) mass is 244 g/mol. The summed E-state index contributed by atoms with van der Waals surface area (Å²) in [6.45, 7) is 12.7. The van der Waals surface area contributed by atoms with Crippen LogP contribution in [0.4, 0.5) is 0 Å². The summed E-state index contributed by atoms with van der Waals surface area (Å²) in [6, 6.07) is 0. The number of carbonyl (C=O) groups is 1. The first kappa shape index (κ1) is 16.1. The second kappa shape index (κ2) is 5.65. The third-order valence-corrected chi connectivity index (χ3v) is 2.72. The van der Waals surface area contributed by atoms with Gasteiger partial charge in [-0.05, 0) is 11.8 Å². The topological polar surface area (TPSA) is 66.8 Å². The van der Waals surface area contributed by atoms with E-state index < -0.39 is 23.8 Å². The number of esters is 1. The number of aliphatic hydroxyl groups excluding tert-OH is 1. The van der Waals surface area contributed by atoms with E-state index in [1.165, 1.54) is 0 Å². The Morgan fingerprint density at radius 3 is 2.06 bits per heavy atom. The molecule has 0 rings (SSSR count). The molecule has 0 aliphatic carbocycles. The molecule has 2 N–H and O–H groups in total. The van der Waals surface area contributed by atoms with Gasteiger partial charge >= 0.3 is 5.97 Å². The van der Waals surface area contributed by atoms with Crippen molar-refractivity contribution >= 4 is 5.97 Å². The highest BCUT2D eigenvalue weighted by molar-refractivity contribution is 5.81. The number of rotatable bonds is 5. The molecule has 100 valence electrons. The predicted octanol–water partition coefficient (Wildman–Crippen LogP) is 1.86. The minimum absolute atomic E-state index is 0.0850. The molecule has 0 spiro atoms. The fourth-order valence-electron chi connectivity index (χ4n) is 1.37. The smallest absolute Gasteiger partial charge is 0.330 e. The maximum atomic E-state index is 11.3. The normalized spacial score (nSPS) is 14.6. The number of ether oxygens (including phenoxy) is 1. The van der Waals surface area contributed by atoms with Crippen molar-refractivity contribution in [2.45, 2.75) is 53.4 Å². The second-order valence-corrected chi connectivity index (χ2v) is 6.09. The van der Waals surface area contributed by atoms with Crippen LogP contribution in [0.5, 0.6) is 0 Å². The third-order valence-electron chi connectivity index (χ3n) is 2.72. The summed E-state index contributed by atoms with van der Waals surface area (Å²) >= 11 is 0. The Morgan fingerprint density at radius 1 is 1.29 bits per heavy atom. The van der Waals surface area contributed by atoms with Gasteiger partial charge in [0, 0.05) is 6.08 Å². The van der Waals surface area contributed by atoms with Crippen molar-refractivity contribution in [2.75, 3.05) is 0 Å². The Bertz CT molecular complexity index is 274. The van der Waals surface area contributed by atoms with Crippen molar-refractivity contribution in [3.05, 3.63) is 12.7 Å². The summed E-state index contributed by atoms with van der Waals surface area (Å²) in [4.78, 5) is 11.3. The Kier molecular flexibility index (Phi) is 5.36. The second-order valence-electron chi connectivity index (χ2n) is 6.09. The molecule has 0 bridgehead atoms. The average Bonchev–Trinajstić information content (AvgIpc) is 2.14. The lowest BCUT2D eigenvalue weighted by molar-refractivity contribution is -0.187. The van der Waals surface area contributed by atoms with Crippen molar-refractivity contribution in [1.82, 2.24) is 0 Å². The molecule has 0 heterocycles. The summed E-state index contributed by atoms with van der Waals surface area (Å²) in [5, 5.41) is 18.7. The van der Waals surface area contributed by atoms with Gasteiger partial charge in [-0.3, -0.25) is 0 Å². The van der Waals surface area contributed by atoms with Crippen molar-refractivity contribution in [3.8, 4) is 0 Å². The van der Waals surface area contributed by atoms with Crippen LogP contribution < -0.4 is 0 Å². The van der Waals surface area contributed by atoms with Gasteiger partial charge in [-0.25, -0.2) is 4.79 Å². The Labute approximate surface area is 103 Å². The zero-order valence-corrected chi connectivity index (χ0v) is 11.4. The standard InChI is InChI=1S/C13H24O4/c1-7-10(14)17-9(8-12(2,3)4)13(5,6)11(15)16/h7,9,11,15-16H,1,8H2,2-6H3. The number of hydrogen-bond acceptors (Lipinski definition) is 4. The lowest BCUT2D eigenvalue weighted by Gasteiger charge is -2.38. The highest BCUT2D eigenvalue weighted by Crippen LogP contribution is 2.35. The van der Waals surface area contributed by atoms with Crippen molar-refractivity contribution in [3.63, 3.8) is 0 Å². The van der Waals surface area contributed by atoms with Gasteiger partial charge in [-0.1, -0.05) is 41.2 Å². The summed E-state index contributed by atoms with van der Waals surface area (Å²) in [6.07, 6.45) is -0.507. The quantitative estimate of drug-likeness (QED) is 0.440. The number of aliphatic hydroxyl groups is 2. The molecule has 1 unspecified atom stereocenters. The Balaban J connectivity index is 4.97. The number of hydrogen-bond donors (Lipinski definition) is 2. The predicted molar refractivity (Wildman–Crippen MR) is 66.2 cm³/mol. The summed E-state index contributed by atoms with van der Waals surface area (Å²) < 4.78 is 5.22. The van der Waals surface area contributed by atoms with Gasteiger partial charge in [0.15, 0.2) is 6.29 Å². The third kappa shape index (κ3) is 5.33. The van der Waals surface area contributed by atoms with Gasteiger partial charge in [-0.15, -0.1) is 0 Å². The van der Waals surface area contributed by atoms with Crippen LogP contribution in [0.3, 0.4) is 0 Å². The van der Waals surface area contributed by atoms with E-state index in [2.05, 4.69) is 6.58 Å². The van der Waals surface area contributed by atoms with Gasteiger partial charge in [-0.2, -0.15) is 0 Å². The first-order valence-electron chi connectivity index (χ1n) is 5.70. The van der Waals surface area contributed by atoms with Crippen LogP contribution in [0.2, 0.25) is 0 Å². The molecule has 0 aromatic rings. The highest BCUT2D eigenvalue weighted by atomic mass is 16.5. The number of carbonyl (C=O) groups excluding carboxylic acids is 1. The molecule has 0 aromatic carbocycles. The summed E-state index contributed by atoms with van der Waals surface area (Å²) in [5.74, 6) is -0.548. The van der Waals surface area contributed by atoms with E-state index in [1.54, 1.807) is 13.8 Å². The minimum Gasteiger partial charge on any atom is -0.458 e. The van der Waals surface area contributed by atoms with Crippen LogP contribution in [-0.2, 0) is 9.53 Å². The van der Waals surface area contributed by atoms with Crippen LogP contribution in [-0.4, -0.2) is 28.6 Å². The Hall–Kier alpha value is -0.870. The van der Waals surface area contributed by atoms with Gasteiger partial charge in [0.05, 0.1) is 5.41 Å². The van der Waals surface area contributed by atoms with Crippen LogP contribution >= 0.6 is 0 Å². The molecular formula is C13H24O4. The van der Waals surface area contributed by atoms with Crippen LogP contribution in [0, 0.1) is 10.8 Å². The van der Waals surface area contributed by atoms with Crippen molar-refractivity contribution in [1.29, 1.82) is 0 Å². The lowest BCUT2D eigenvalue weighted by Crippen LogP contribution is -2.44. The van der Waals surface area contributed by atoms with Crippen LogP contribution in [0.1, 0.15) is 41.0 Å². The highest BCUT2D eigenvalue weighted by Gasteiger charge is 2.40. The zero-order chi connectivity index (χ0) is 13.9. The molecule has 0 aliphatic rings.